The molecule has 116 valence electrons. The number of unbranched alkanes of at least 4 members (excludes halogenated alkanes) is 2. The summed E-state index contributed by atoms with van der Waals surface area (Å²) in [5.74, 6) is -0.152. The van der Waals surface area contributed by atoms with Gasteiger partial charge in [0.15, 0.2) is 0 Å². The Labute approximate surface area is 120 Å². The first-order valence-corrected chi connectivity index (χ1v) is 7.38. The minimum atomic E-state index is -0.286. The Morgan fingerprint density at radius 1 is 1.45 bits per heavy atom. The van der Waals surface area contributed by atoms with Gasteiger partial charge >= 0.3 is 5.97 Å². The second kappa shape index (κ2) is 10.8. The monoisotopic (exact) mass is 286 g/mol. The normalized spacial score (nSPS) is 19.8. The predicted molar refractivity (Wildman–Crippen MR) is 75.4 cm³/mol. The highest BCUT2D eigenvalue weighted by molar-refractivity contribution is 5.69. The summed E-state index contributed by atoms with van der Waals surface area (Å²) in [6.45, 7) is 5.26. The minimum Gasteiger partial charge on any atom is -0.463 e. The molecule has 2 unspecified atom stereocenters. The molecule has 5 nitrogen and oxygen atoms in total. The molecule has 0 radical (unpaired) electrons. The molecular formula is C15H26O5. The van der Waals surface area contributed by atoms with E-state index in [1.165, 1.54) is 0 Å². The summed E-state index contributed by atoms with van der Waals surface area (Å²) in [6, 6.07) is 0. The molecule has 0 saturated carbocycles. The molecule has 1 saturated heterocycles. The van der Waals surface area contributed by atoms with E-state index in [0.29, 0.717) is 19.6 Å². The van der Waals surface area contributed by atoms with Gasteiger partial charge in [0.1, 0.15) is 6.61 Å². The lowest BCUT2D eigenvalue weighted by Gasteiger charge is -2.11. The first-order valence-electron chi connectivity index (χ1n) is 7.38. The zero-order valence-corrected chi connectivity index (χ0v) is 12.1. The molecule has 2 atom stereocenters. The van der Waals surface area contributed by atoms with Gasteiger partial charge in [-0.15, -0.1) is 6.58 Å². The molecule has 20 heavy (non-hydrogen) atoms. The van der Waals surface area contributed by atoms with E-state index < -0.39 is 0 Å². The smallest absolute Gasteiger partial charge is 0.305 e. The lowest BCUT2D eigenvalue weighted by molar-refractivity contribution is -0.147. The molecule has 1 aliphatic heterocycles. The van der Waals surface area contributed by atoms with Crippen molar-refractivity contribution in [2.45, 2.75) is 50.7 Å². The van der Waals surface area contributed by atoms with E-state index in [9.17, 15) is 4.79 Å². The number of carbonyl (C=O) groups is 1. The molecule has 5 heteroatoms. The fourth-order valence-electron chi connectivity index (χ4n) is 2.01. The van der Waals surface area contributed by atoms with E-state index in [0.717, 1.165) is 38.7 Å². The zero-order valence-electron chi connectivity index (χ0n) is 12.1. The summed E-state index contributed by atoms with van der Waals surface area (Å²) in [5, 5.41) is 8.88. The maximum Gasteiger partial charge on any atom is 0.305 e. The van der Waals surface area contributed by atoms with Crippen molar-refractivity contribution in [1.29, 1.82) is 0 Å². The fourth-order valence-corrected chi connectivity index (χ4v) is 2.01. The average molecular weight is 286 g/mol. The topological polar surface area (TPSA) is 65.0 Å². The van der Waals surface area contributed by atoms with Gasteiger partial charge in [0.25, 0.3) is 0 Å². The molecule has 0 aliphatic carbocycles. The largest absolute Gasteiger partial charge is 0.463 e. The van der Waals surface area contributed by atoms with Crippen LogP contribution in [0.4, 0.5) is 0 Å². The maximum absolute atomic E-state index is 11.5. The van der Waals surface area contributed by atoms with E-state index in [-0.39, 0.29) is 24.8 Å². The van der Waals surface area contributed by atoms with Crippen LogP contribution in [0.25, 0.3) is 0 Å². The van der Waals surface area contributed by atoms with E-state index >= 15 is 0 Å². The average Bonchev–Trinajstić information content (AvgIpc) is 2.98. The zero-order chi connectivity index (χ0) is 14.6. The highest BCUT2D eigenvalue weighted by Gasteiger charge is 2.17. The number of hydrogen-bond donors (Lipinski definition) is 1. The van der Waals surface area contributed by atoms with Gasteiger partial charge in [0.05, 0.1) is 18.8 Å². The Morgan fingerprint density at radius 2 is 2.30 bits per heavy atom. The second-order valence-corrected chi connectivity index (χ2v) is 4.96. The second-order valence-electron chi connectivity index (χ2n) is 4.96. The maximum atomic E-state index is 11.5. The number of ether oxygens (including phenoxy) is 3. The van der Waals surface area contributed by atoms with Crippen LogP contribution < -0.4 is 0 Å². The summed E-state index contributed by atoms with van der Waals surface area (Å²) < 4.78 is 15.9. The van der Waals surface area contributed by atoms with E-state index in [4.69, 9.17) is 19.3 Å². The number of aliphatic hydroxyl groups is 1. The summed E-state index contributed by atoms with van der Waals surface area (Å²) in [4.78, 5) is 11.5. The van der Waals surface area contributed by atoms with Crippen LogP contribution in [0.1, 0.15) is 38.5 Å². The molecule has 1 N–H and O–H groups in total. The van der Waals surface area contributed by atoms with Crippen molar-refractivity contribution in [3.05, 3.63) is 12.7 Å². The van der Waals surface area contributed by atoms with Crippen LogP contribution in [0.2, 0.25) is 0 Å². The van der Waals surface area contributed by atoms with Crippen LogP contribution in [0.3, 0.4) is 0 Å². The molecule has 0 aromatic carbocycles. The standard InChI is InChI=1S/C15H26O5/c1-2-13(11-16)18-9-5-3-4-8-15(17)20-12-14-7-6-10-19-14/h2,13-14,16H,1,3-12H2. The van der Waals surface area contributed by atoms with E-state index in [1.54, 1.807) is 6.08 Å². The van der Waals surface area contributed by atoms with Gasteiger partial charge in [-0.1, -0.05) is 12.5 Å². The Balaban J connectivity index is 1.89. The van der Waals surface area contributed by atoms with Gasteiger partial charge in [0, 0.05) is 19.6 Å². The number of esters is 1. The lowest BCUT2D eigenvalue weighted by Crippen LogP contribution is -2.17. The summed E-state index contributed by atoms with van der Waals surface area (Å²) >= 11 is 0. The first kappa shape index (κ1) is 17.1. The van der Waals surface area contributed by atoms with Crippen molar-refractivity contribution < 1.29 is 24.1 Å². The van der Waals surface area contributed by atoms with Crippen molar-refractivity contribution in [2.24, 2.45) is 0 Å². The quantitative estimate of drug-likeness (QED) is 0.357. The van der Waals surface area contributed by atoms with Gasteiger partial charge in [-0.2, -0.15) is 0 Å². The van der Waals surface area contributed by atoms with Crippen LogP contribution in [0.5, 0.6) is 0 Å². The summed E-state index contributed by atoms with van der Waals surface area (Å²) in [7, 11) is 0. The molecule has 1 heterocycles. The van der Waals surface area contributed by atoms with Gasteiger partial charge < -0.3 is 19.3 Å². The highest BCUT2D eigenvalue weighted by Crippen LogP contribution is 2.12. The van der Waals surface area contributed by atoms with Gasteiger partial charge in [-0.05, 0) is 25.7 Å². The lowest BCUT2D eigenvalue weighted by atomic mass is 10.2. The fraction of sp³-hybridized carbons (Fsp3) is 0.800. The Kier molecular flexibility index (Phi) is 9.28. The third-order valence-corrected chi connectivity index (χ3v) is 3.25. The first-order chi connectivity index (χ1) is 9.76. The molecule has 1 aliphatic rings. The van der Waals surface area contributed by atoms with E-state index in [2.05, 4.69) is 6.58 Å². The highest BCUT2D eigenvalue weighted by atomic mass is 16.6. The summed E-state index contributed by atoms with van der Waals surface area (Å²) in [5.41, 5.74) is 0. The van der Waals surface area contributed by atoms with Gasteiger partial charge in [-0.3, -0.25) is 4.79 Å². The van der Waals surface area contributed by atoms with Crippen LogP contribution in [-0.2, 0) is 19.0 Å². The van der Waals surface area contributed by atoms with Crippen LogP contribution >= 0.6 is 0 Å². The van der Waals surface area contributed by atoms with Crippen molar-refractivity contribution >= 4 is 5.97 Å². The molecule has 1 fully saturated rings. The number of aliphatic hydroxyl groups excluding tert-OH is 1. The number of rotatable bonds is 11. The van der Waals surface area contributed by atoms with Gasteiger partial charge in [0.2, 0.25) is 0 Å². The molecule has 1 rings (SSSR count). The molecule has 0 spiro atoms. The molecular weight excluding hydrogens is 260 g/mol. The Morgan fingerprint density at radius 3 is 2.95 bits per heavy atom. The predicted octanol–water partition coefficient (Wildman–Crippen LogP) is 1.83. The van der Waals surface area contributed by atoms with Crippen molar-refractivity contribution in [3.8, 4) is 0 Å². The van der Waals surface area contributed by atoms with E-state index in [1.807, 2.05) is 0 Å². The molecule has 0 aromatic heterocycles. The van der Waals surface area contributed by atoms with Crippen LogP contribution in [-0.4, -0.2) is 49.7 Å². The minimum absolute atomic E-state index is 0.0426. The van der Waals surface area contributed by atoms with Crippen molar-refractivity contribution in [1.82, 2.24) is 0 Å². The molecule has 0 amide bonds. The molecule has 0 aromatic rings. The Bertz CT molecular complexity index is 273. The number of carbonyl (C=O) groups excluding carboxylic acids is 1. The van der Waals surface area contributed by atoms with Crippen LogP contribution in [0.15, 0.2) is 12.7 Å². The third-order valence-electron chi connectivity index (χ3n) is 3.25. The third kappa shape index (κ3) is 7.62. The van der Waals surface area contributed by atoms with Crippen LogP contribution in [0, 0.1) is 0 Å². The van der Waals surface area contributed by atoms with Gasteiger partial charge in [-0.25, -0.2) is 0 Å². The number of hydrogen-bond acceptors (Lipinski definition) is 5. The summed E-state index contributed by atoms with van der Waals surface area (Å²) in [6.07, 6.45) is 6.45. The van der Waals surface area contributed by atoms with Crippen molar-refractivity contribution in [3.63, 3.8) is 0 Å². The molecule has 0 bridgehead atoms. The van der Waals surface area contributed by atoms with Crippen molar-refractivity contribution in [2.75, 3.05) is 26.4 Å². The SMILES string of the molecule is C=CC(CO)OCCCCCC(=O)OCC1CCCO1. The Hall–Kier alpha value is -0.910.